The van der Waals surface area contributed by atoms with Crippen LogP contribution < -0.4 is 5.32 Å². The quantitative estimate of drug-likeness (QED) is 0.860. The van der Waals surface area contributed by atoms with Gasteiger partial charge in [0.25, 0.3) is 0 Å². The average molecular weight is 244 g/mol. The second-order valence-corrected chi connectivity index (χ2v) is 6.26. The standard InChI is InChI=1S/C16H24N2/c1-16(2)13-9-5-4-8-12(13)14(15(16)17-3)18-10-6-7-11-18/h4-5,8-9,14-15,17H,6-7,10-11H2,1-3H3. The van der Waals surface area contributed by atoms with Gasteiger partial charge in [0.1, 0.15) is 0 Å². The van der Waals surface area contributed by atoms with E-state index in [0.29, 0.717) is 12.1 Å². The minimum atomic E-state index is 0.221. The molecule has 1 heterocycles. The number of hydrogen-bond acceptors (Lipinski definition) is 2. The van der Waals surface area contributed by atoms with Gasteiger partial charge in [-0.25, -0.2) is 0 Å². The van der Waals surface area contributed by atoms with Gasteiger partial charge in [-0.05, 0) is 44.1 Å². The first kappa shape index (κ1) is 12.2. The Kier molecular flexibility index (Phi) is 2.95. The first-order chi connectivity index (χ1) is 8.66. The number of likely N-dealkylation sites (tertiary alicyclic amines) is 1. The SMILES string of the molecule is CNC1C(N2CCCC2)c2ccccc2C1(C)C. The fourth-order valence-electron chi connectivity index (χ4n) is 4.03. The average Bonchev–Trinajstić information content (AvgIpc) is 2.94. The minimum absolute atomic E-state index is 0.221. The summed E-state index contributed by atoms with van der Waals surface area (Å²) in [6.07, 6.45) is 2.71. The number of nitrogens with one attached hydrogen (secondary N) is 1. The molecule has 2 aliphatic rings. The lowest BCUT2D eigenvalue weighted by Crippen LogP contribution is -2.46. The van der Waals surface area contributed by atoms with E-state index >= 15 is 0 Å². The van der Waals surface area contributed by atoms with E-state index in [1.54, 1.807) is 5.56 Å². The number of rotatable bonds is 2. The molecule has 0 amide bonds. The van der Waals surface area contributed by atoms with Crippen LogP contribution in [0.1, 0.15) is 43.9 Å². The first-order valence-corrected chi connectivity index (χ1v) is 7.17. The second-order valence-electron chi connectivity index (χ2n) is 6.26. The highest BCUT2D eigenvalue weighted by molar-refractivity contribution is 5.44. The Morgan fingerprint density at radius 1 is 1.17 bits per heavy atom. The zero-order valence-corrected chi connectivity index (χ0v) is 11.7. The van der Waals surface area contributed by atoms with Crippen LogP contribution in [0, 0.1) is 0 Å². The zero-order valence-electron chi connectivity index (χ0n) is 11.7. The van der Waals surface area contributed by atoms with Gasteiger partial charge in [-0.15, -0.1) is 0 Å². The molecular formula is C16H24N2. The molecule has 2 heteroatoms. The molecule has 0 bridgehead atoms. The molecule has 1 N–H and O–H groups in total. The summed E-state index contributed by atoms with van der Waals surface area (Å²) in [6, 6.07) is 10.1. The van der Waals surface area contributed by atoms with Gasteiger partial charge in [0.15, 0.2) is 0 Å². The van der Waals surface area contributed by atoms with Crippen LogP contribution in [0.15, 0.2) is 24.3 Å². The summed E-state index contributed by atoms with van der Waals surface area (Å²) in [7, 11) is 2.11. The fourth-order valence-corrected chi connectivity index (χ4v) is 4.03. The van der Waals surface area contributed by atoms with Gasteiger partial charge < -0.3 is 5.32 Å². The molecule has 0 aromatic heterocycles. The molecule has 0 radical (unpaired) electrons. The fraction of sp³-hybridized carbons (Fsp3) is 0.625. The van der Waals surface area contributed by atoms with Crippen LogP contribution in [-0.4, -0.2) is 31.1 Å². The van der Waals surface area contributed by atoms with E-state index in [1.165, 1.54) is 31.5 Å². The maximum absolute atomic E-state index is 3.59. The number of hydrogen-bond donors (Lipinski definition) is 1. The highest BCUT2D eigenvalue weighted by Gasteiger charge is 2.47. The second kappa shape index (κ2) is 4.36. The van der Waals surface area contributed by atoms with Crippen molar-refractivity contribution < 1.29 is 0 Å². The van der Waals surface area contributed by atoms with Crippen molar-refractivity contribution in [3.8, 4) is 0 Å². The highest BCUT2D eigenvalue weighted by Crippen LogP contribution is 2.47. The van der Waals surface area contributed by atoms with E-state index in [4.69, 9.17) is 0 Å². The Morgan fingerprint density at radius 2 is 1.83 bits per heavy atom. The zero-order chi connectivity index (χ0) is 12.8. The number of nitrogens with zero attached hydrogens (tertiary/aromatic N) is 1. The summed E-state index contributed by atoms with van der Waals surface area (Å²) in [5.41, 5.74) is 3.29. The predicted octanol–water partition coefficient (Wildman–Crippen LogP) is 2.70. The van der Waals surface area contributed by atoms with Gasteiger partial charge in [-0.1, -0.05) is 38.1 Å². The molecule has 1 aromatic carbocycles. The van der Waals surface area contributed by atoms with Crippen LogP contribution in [0.2, 0.25) is 0 Å². The van der Waals surface area contributed by atoms with Gasteiger partial charge in [0.05, 0.1) is 6.04 Å². The molecular weight excluding hydrogens is 220 g/mol. The van der Waals surface area contributed by atoms with Crippen molar-refractivity contribution in [1.29, 1.82) is 0 Å². The van der Waals surface area contributed by atoms with Crippen LogP contribution >= 0.6 is 0 Å². The summed E-state index contributed by atoms with van der Waals surface area (Å²) in [5.74, 6) is 0. The van der Waals surface area contributed by atoms with Gasteiger partial charge in [0.2, 0.25) is 0 Å². The summed E-state index contributed by atoms with van der Waals surface area (Å²) in [5, 5.41) is 3.59. The monoisotopic (exact) mass is 244 g/mol. The topological polar surface area (TPSA) is 15.3 Å². The van der Waals surface area contributed by atoms with E-state index in [1.807, 2.05) is 0 Å². The maximum Gasteiger partial charge on any atom is 0.0512 e. The van der Waals surface area contributed by atoms with Crippen molar-refractivity contribution in [1.82, 2.24) is 10.2 Å². The molecule has 1 aromatic rings. The molecule has 1 aliphatic carbocycles. The molecule has 2 unspecified atom stereocenters. The Bertz CT molecular complexity index is 432. The van der Waals surface area contributed by atoms with Crippen molar-refractivity contribution in [3.05, 3.63) is 35.4 Å². The molecule has 0 spiro atoms. The first-order valence-electron chi connectivity index (χ1n) is 7.17. The van der Waals surface area contributed by atoms with Crippen molar-refractivity contribution in [3.63, 3.8) is 0 Å². The molecule has 0 saturated carbocycles. The van der Waals surface area contributed by atoms with E-state index in [-0.39, 0.29) is 5.41 Å². The Hall–Kier alpha value is -0.860. The predicted molar refractivity (Wildman–Crippen MR) is 75.9 cm³/mol. The summed E-state index contributed by atoms with van der Waals surface area (Å²) in [6.45, 7) is 7.27. The van der Waals surface area contributed by atoms with Crippen molar-refractivity contribution in [2.45, 2.75) is 44.2 Å². The Labute approximate surface area is 110 Å². The van der Waals surface area contributed by atoms with Crippen LogP contribution in [0.25, 0.3) is 0 Å². The molecule has 2 nitrogen and oxygen atoms in total. The minimum Gasteiger partial charge on any atom is -0.314 e. The van der Waals surface area contributed by atoms with Crippen LogP contribution in [0.4, 0.5) is 0 Å². The largest absolute Gasteiger partial charge is 0.314 e. The number of fused-ring (bicyclic) bond motifs is 1. The highest BCUT2D eigenvalue weighted by atomic mass is 15.2. The third kappa shape index (κ3) is 1.63. The van der Waals surface area contributed by atoms with Crippen molar-refractivity contribution in [2.24, 2.45) is 0 Å². The van der Waals surface area contributed by atoms with E-state index in [9.17, 15) is 0 Å². The van der Waals surface area contributed by atoms with Gasteiger partial charge in [-0.2, -0.15) is 0 Å². The normalized spacial score (nSPS) is 30.6. The Morgan fingerprint density at radius 3 is 2.50 bits per heavy atom. The third-order valence-corrected chi connectivity index (χ3v) is 4.91. The molecule has 2 atom stereocenters. The third-order valence-electron chi connectivity index (χ3n) is 4.91. The molecule has 1 fully saturated rings. The van der Waals surface area contributed by atoms with Crippen LogP contribution in [0.5, 0.6) is 0 Å². The number of likely N-dealkylation sites (N-methyl/N-ethyl adjacent to an activating group) is 1. The van der Waals surface area contributed by atoms with E-state index in [2.05, 4.69) is 55.4 Å². The summed E-state index contributed by atoms with van der Waals surface area (Å²) >= 11 is 0. The maximum atomic E-state index is 3.59. The van der Waals surface area contributed by atoms with Gasteiger partial charge in [0, 0.05) is 11.5 Å². The molecule has 1 aliphatic heterocycles. The van der Waals surface area contributed by atoms with Crippen LogP contribution in [-0.2, 0) is 5.41 Å². The lowest BCUT2D eigenvalue weighted by atomic mass is 9.82. The summed E-state index contributed by atoms with van der Waals surface area (Å²) < 4.78 is 0. The van der Waals surface area contributed by atoms with Crippen molar-refractivity contribution in [2.75, 3.05) is 20.1 Å². The van der Waals surface area contributed by atoms with Crippen molar-refractivity contribution >= 4 is 0 Å². The van der Waals surface area contributed by atoms with Gasteiger partial charge in [-0.3, -0.25) is 4.90 Å². The molecule has 18 heavy (non-hydrogen) atoms. The van der Waals surface area contributed by atoms with Gasteiger partial charge >= 0.3 is 0 Å². The summed E-state index contributed by atoms with van der Waals surface area (Å²) in [4.78, 5) is 2.68. The Balaban J connectivity index is 2.06. The van der Waals surface area contributed by atoms with E-state index < -0.39 is 0 Å². The molecule has 1 saturated heterocycles. The van der Waals surface area contributed by atoms with Crippen LogP contribution in [0.3, 0.4) is 0 Å². The lowest BCUT2D eigenvalue weighted by molar-refractivity contribution is 0.177. The lowest BCUT2D eigenvalue weighted by Gasteiger charge is -2.35. The molecule has 98 valence electrons. The van der Waals surface area contributed by atoms with E-state index in [0.717, 1.165) is 0 Å². The smallest absolute Gasteiger partial charge is 0.0512 e. The molecule has 3 rings (SSSR count). The number of benzene rings is 1.